The van der Waals surface area contributed by atoms with Gasteiger partial charge in [-0.3, -0.25) is 4.90 Å². The maximum Gasteiger partial charge on any atom is 0.0645 e. The fraction of sp³-hybridized carbons (Fsp3) is 1.00. The molecule has 3 heterocycles. The van der Waals surface area contributed by atoms with E-state index < -0.39 is 0 Å². The maximum absolute atomic E-state index is 5.29. The molecule has 3 aliphatic rings. The van der Waals surface area contributed by atoms with Crippen LogP contribution in [0.4, 0.5) is 0 Å². The van der Waals surface area contributed by atoms with Crippen LogP contribution in [0.1, 0.15) is 46.5 Å². The molecule has 19 heavy (non-hydrogen) atoms. The molecule has 0 atom stereocenters. The summed E-state index contributed by atoms with van der Waals surface area (Å²) in [5.41, 5.74) is 0. The Morgan fingerprint density at radius 2 is 1.21 bits per heavy atom. The van der Waals surface area contributed by atoms with Crippen molar-refractivity contribution < 1.29 is 4.74 Å². The predicted molar refractivity (Wildman–Crippen MR) is 80.5 cm³/mol. The predicted octanol–water partition coefficient (Wildman–Crippen LogP) is 2.61. The van der Waals surface area contributed by atoms with E-state index in [0.29, 0.717) is 0 Å². The van der Waals surface area contributed by atoms with Crippen molar-refractivity contribution in [1.29, 1.82) is 0 Å². The van der Waals surface area contributed by atoms with E-state index >= 15 is 0 Å². The highest BCUT2D eigenvalue weighted by Crippen LogP contribution is 2.25. The van der Waals surface area contributed by atoms with Crippen LogP contribution in [0, 0.1) is 5.92 Å². The first-order chi connectivity index (χ1) is 9.33. The summed E-state index contributed by atoms with van der Waals surface area (Å²) < 4.78 is 5.29. The Labute approximate surface area is 119 Å². The molecule has 3 rings (SSSR count). The molecule has 0 radical (unpaired) electrons. The number of hydrogen-bond acceptors (Lipinski definition) is 3. The van der Waals surface area contributed by atoms with Gasteiger partial charge in [0, 0.05) is 19.1 Å². The van der Waals surface area contributed by atoms with Gasteiger partial charge in [-0.2, -0.15) is 0 Å². The van der Waals surface area contributed by atoms with Crippen molar-refractivity contribution in [2.75, 3.05) is 39.4 Å². The van der Waals surface area contributed by atoms with Crippen molar-refractivity contribution in [2.45, 2.75) is 58.5 Å². The van der Waals surface area contributed by atoms with Gasteiger partial charge in [-0.1, -0.05) is 20.8 Å². The molecule has 0 N–H and O–H groups in total. The van der Waals surface area contributed by atoms with Gasteiger partial charge in [0.15, 0.2) is 0 Å². The molecule has 0 aromatic carbocycles. The van der Waals surface area contributed by atoms with Gasteiger partial charge in [0.1, 0.15) is 0 Å². The van der Waals surface area contributed by atoms with E-state index in [2.05, 4.69) is 16.7 Å². The van der Waals surface area contributed by atoms with E-state index in [1.807, 2.05) is 13.8 Å². The third kappa shape index (κ3) is 3.93. The van der Waals surface area contributed by atoms with E-state index in [1.54, 1.807) is 0 Å². The SMILES string of the molecule is CC.CC1CCN(C2CCN(C3COC3)CC2)CC1. The molecule has 0 spiro atoms. The van der Waals surface area contributed by atoms with Crippen molar-refractivity contribution in [2.24, 2.45) is 5.92 Å². The average molecular weight is 268 g/mol. The molecule has 3 fully saturated rings. The second kappa shape index (κ2) is 7.61. The molecular formula is C16H32N2O. The highest BCUT2D eigenvalue weighted by atomic mass is 16.5. The summed E-state index contributed by atoms with van der Waals surface area (Å²) >= 11 is 0. The summed E-state index contributed by atoms with van der Waals surface area (Å²) in [5, 5.41) is 0. The Balaban J connectivity index is 0.000000637. The van der Waals surface area contributed by atoms with E-state index in [9.17, 15) is 0 Å². The Kier molecular flexibility index (Phi) is 6.11. The Bertz CT molecular complexity index is 239. The smallest absolute Gasteiger partial charge is 0.0645 e. The normalized spacial score (nSPS) is 28.6. The van der Waals surface area contributed by atoms with E-state index in [0.717, 1.165) is 31.2 Å². The van der Waals surface area contributed by atoms with E-state index in [1.165, 1.54) is 51.9 Å². The second-order valence-corrected chi connectivity index (χ2v) is 6.18. The molecule has 0 amide bonds. The Hall–Kier alpha value is -0.120. The first-order valence-corrected chi connectivity index (χ1v) is 8.39. The highest BCUT2D eigenvalue weighted by Gasteiger charge is 2.32. The van der Waals surface area contributed by atoms with Crippen LogP contribution in [0.5, 0.6) is 0 Å². The summed E-state index contributed by atoms with van der Waals surface area (Å²) in [4.78, 5) is 5.40. The molecule has 3 aliphatic heterocycles. The van der Waals surface area contributed by atoms with Gasteiger partial charge in [0.25, 0.3) is 0 Å². The lowest BCUT2D eigenvalue weighted by atomic mass is 9.94. The van der Waals surface area contributed by atoms with Crippen LogP contribution in [0.2, 0.25) is 0 Å². The van der Waals surface area contributed by atoms with Crippen molar-refractivity contribution in [3.05, 3.63) is 0 Å². The molecule has 3 nitrogen and oxygen atoms in total. The maximum atomic E-state index is 5.29. The van der Waals surface area contributed by atoms with Crippen LogP contribution in [0.25, 0.3) is 0 Å². The molecule has 112 valence electrons. The lowest BCUT2D eigenvalue weighted by Gasteiger charge is -2.45. The summed E-state index contributed by atoms with van der Waals surface area (Å²) in [6.45, 7) is 13.6. The minimum atomic E-state index is 0.748. The lowest BCUT2D eigenvalue weighted by Crippen LogP contribution is -2.55. The third-order valence-electron chi connectivity index (χ3n) is 4.97. The van der Waals surface area contributed by atoms with Gasteiger partial charge < -0.3 is 9.64 Å². The number of rotatable bonds is 2. The minimum absolute atomic E-state index is 0.748. The molecule has 0 saturated carbocycles. The van der Waals surface area contributed by atoms with Crippen molar-refractivity contribution >= 4 is 0 Å². The van der Waals surface area contributed by atoms with Gasteiger partial charge >= 0.3 is 0 Å². The fourth-order valence-corrected chi connectivity index (χ4v) is 3.44. The molecule has 0 unspecified atom stereocenters. The van der Waals surface area contributed by atoms with Crippen molar-refractivity contribution in [3.63, 3.8) is 0 Å². The van der Waals surface area contributed by atoms with Gasteiger partial charge in [0.05, 0.1) is 19.3 Å². The Morgan fingerprint density at radius 3 is 1.68 bits per heavy atom. The number of hydrogen-bond donors (Lipinski definition) is 0. The first kappa shape index (κ1) is 15.3. The van der Waals surface area contributed by atoms with Crippen molar-refractivity contribution in [1.82, 2.24) is 9.80 Å². The van der Waals surface area contributed by atoms with Crippen LogP contribution in [-0.4, -0.2) is 61.3 Å². The van der Waals surface area contributed by atoms with Crippen molar-refractivity contribution in [3.8, 4) is 0 Å². The topological polar surface area (TPSA) is 15.7 Å². The van der Waals surface area contributed by atoms with Gasteiger partial charge in [-0.05, 0) is 44.7 Å². The summed E-state index contributed by atoms with van der Waals surface area (Å²) in [6, 6.07) is 1.62. The second-order valence-electron chi connectivity index (χ2n) is 6.18. The van der Waals surface area contributed by atoms with Gasteiger partial charge in [-0.25, -0.2) is 0 Å². The summed E-state index contributed by atoms with van der Waals surface area (Å²) in [5.74, 6) is 0.957. The van der Waals surface area contributed by atoms with Crippen LogP contribution in [0.15, 0.2) is 0 Å². The molecular weight excluding hydrogens is 236 g/mol. The van der Waals surface area contributed by atoms with E-state index in [4.69, 9.17) is 4.74 Å². The third-order valence-corrected chi connectivity index (χ3v) is 4.97. The van der Waals surface area contributed by atoms with Crippen LogP contribution < -0.4 is 0 Å². The molecule has 0 bridgehead atoms. The Morgan fingerprint density at radius 1 is 0.737 bits per heavy atom. The summed E-state index contributed by atoms with van der Waals surface area (Å²) in [7, 11) is 0. The van der Waals surface area contributed by atoms with Gasteiger partial charge in [-0.15, -0.1) is 0 Å². The van der Waals surface area contributed by atoms with E-state index in [-0.39, 0.29) is 0 Å². The van der Waals surface area contributed by atoms with Crippen LogP contribution in [0.3, 0.4) is 0 Å². The lowest BCUT2D eigenvalue weighted by molar-refractivity contribution is -0.0770. The van der Waals surface area contributed by atoms with Gasteiger partial charge in [0.2, 0.25) is 0 Å². The number of likely N-dealkylation sites (tertiary alicyclic amines) is 2. The minimum Gasteiger partial charge on any atom is -0.378 e. The largest absolute Gasteiger partial charge is 0.378 e. The standard InChI is InChI=1S/C14H26N2O.C2H6/c1-12-2-6-15(7-3-12)13-4-8-16(9-5-13)14-10-17-11-14;1-2/h12-14H,2-11H2,1H3;1-2H3. The monoisotopic (exact) mass is 268 g/mol. The molecule has 0 aromatic rings. The first-order valence-electron chi connectivity index (χ1n) is 8.39. The average Bonchev–Trinajstić information content (AvgIpc) is 2.41. The number of nitrogens with zero attached hydrogens (tertiary/aromatic N) is 2. The molecule has 3 saturated heterocycles. The zero-order chi connectivity index (χ0) is 13.7. The molecule has 3 heteroatoms. The quantitative estimate of drug-likeness (QED) is 0.765. The molecule has 0 aliphatic carbocycles. The number of piperidine rings is 2. The fourth-order valence-electron chi connectivity index (χ4n) is 3.44. The van der Waals surface area contributed by atoms with Crippen LogP contribution in [-0.2, 0) is 4.74 Å². The zero-order valence-corrected chi connectivity index (χ0v) is 13.1. The summed E-state index contributed by atoms with van der Waals surface area (Å²) in [6.07, 6.45) is 5.59. The number of ether oxygens (including phenoxy) is 1. The zero-order valence-electron chi connectivity index (χ0n) is 13.1. The highest BCUT2D eigenvalue weighted by molar-refractivity contribution is 4.86. The molecule has 0 aromatic heterocycles. The van der Waals surface area contributed by atoms with Crippen LogP contribution >= 0.6 is 0 Å².